The number of nitrogens with one attached hydrogen (secondary N) is 1. The number of anilines is 2. The van der Waals surface area contributed by atoms with E-state index in [0.717, 1.165) is 16.7 Å². The predicted octanol–water partition coefficient (Wildman–Crippen LogP) is 6.59. The Labute approximate surface area is 180 Å². The van der Waals surface area contributed by atoms with E-state index in [1.807, 2.05) is 24.4 Å². The normalized spacial score (nSPS) is 12.2. The van der Waals surface area contributed by atoms with Gasteiger partial charge >= 0.3 is 5.97 Å². The van der Waals surface area contributed by atoms with Crippen LogP contribution in [0.1, 0.15) is 51.9 Å². The molecule has 0 aliphatic carbocycles. The minimum atomic E-state index is -1.86. The average Bonchev–Trinajstić information content (AvgIpc) is 3.11. The van der Waals surface area contributed by atoms with Gasteiger partial charge in [0.1, 0.15) is 5.65 Å². The molecule has 1 N–H and O–H groups in total. The summed E-state index contributed by atoms with van der Waals surface area (Å²) in [7, 11) is -0.471. The van der Waals surface area contributed by atoms with Crippen molar-refractivity contribution in [3.05, 3.63) is 54.4 Å². The van der Waals surface area contributed by atoms with Crippen LogP contribution < -0.4 is 5.32 Å². The molecule has 2 aromatic heterocycles. The van der Waals surface area contributed by atoms with E-state index in [-0.39, 0.29) is 5.97 Å². The number of pyridine rings is 1. The molecule has 1 aromatic carbocycles. The highest BCUT2D eigenvalue weighted by molar-refractivity contribution is 6.82. The first kappa shape index (κ1) is 22.1. The minimum Gasteiger partial charge on any atom is -0.465 e. The molecule has 0 bridgehead atoms. The number of carbonyl (C=O) groups is 1. The third-order valence-electron chi connectivity index (χ3n) is 6.33. The van der Waals surface area contributed by atoms with Crippen molar-refractivity contribution in [2.45, 2.75) is 58.2 Å². The monoisotopic (exact) mass is 423 g/mol. The van der Waals surface area contributed by atoms with E-state index in [0.29, 0.717) is 27.9 Å². The molecule has 3 aromatic rings. The number of ether oxygens (including phenoxy) is 1. The molecule has 160 valence electrons. The molecular formula is C24H33N3O2Si. The summed E-state index contributed by atoms with van der Waals surface area (Å²) in [4.78, 5) is 16.9. The largest absolute Gasteiger partial charge is 0.465 e. The van der Waals surface area contributed by atoms with E-state index in [9.17, 15) is 4.79 Å². The van der Waals surface area contributed by atoms with Crippen LogP contribution in [-0.2, 0) is 4.74 Å². The summed E-state index contributed by atoms with van der Waals surface area (Å²) in [5.74, 6) is -0.361. The van der Waals surface area contributed by atoms with Crippen molar-refractivity contribution in [3.8, 4) is 0 Å². The first-order valence-corrected chi connectivity index (χ1v) is 12.8. The highest BCUT2D eigenvalue weighted by atomic mass is 28.3. The molecule has 2 heterocycles. The highest BCUT2D eigenvalue weighted by Crippen LogP contribution is 2.44. The standard InChI is InChI=1S/C24H33N3O2Si/c1-16(2)30(17(3)4,18(5)6)27-13-12-19-14-20(15-25-23(19)27)26-22-11-9-8-10-21(22)24(28)29-7/h8-18,26H,1-7H3. The Hall–Kier alpha value is -2.60. The van der Waals surface area contributed by atoms with Gasteiger partial charge in [0.2, 0.25) is 0 Å². The maximum Gasteiger partial charge on any atom is 0.339 e. The van der Waals surface area contributed by atoms with Crippen molar-refractivity contribution in [1.82, 2.24) is 9.22 Å². The smallest absolute Gasteiger partial charge is 0.339 e. The van der Waals surface area contributed by atoms with E-state index in [1.165, 1.54) is 7.11 Å². The topological polar surface area (TPSA) is 56.1 Å². The maximum atomic E-state index is 12.1. The van der Waals surface area contributed by atoms with Gasteiger partial charge in [0, 0.05) is 5.39 Å². The molecule has 0 saturated carbocycles. The molecule has 0 atom stereocenters. The van der Waals surface area contributed by atoms with Crippen LogP contribution in [-0.4, -0.2) is 30.5 Å². The Kier molecular flexibility index (Phi) is 6.36. The first-order chi connectivity index (χ1) is 14.2. The van der Waals surface area contributed by atoms with Crippen LogP contribution in [0.4, 0.5) is 11.4 Å². The lowest BCUT2D eigenvalue weighted by molar-refractivity contribution is 0.0602. The minimum absolute atomic E-state index is 0.361. The zero-order valence-electron chi connectivity index (χ0n) is 19.1. The second-order valence-corrected chi connectivity index (χ2v) is 14.6. The Balaban J connectivity index is 2.04. The summed E-state index contributed by atoms with van der Waals surface area (Å²) >= 11 is 0. The molecule has 0 unspecified atom stereocenters. The number of esters is 1. The Morgan fingerprint density at radius 3 is 2.27 bits per heavy atom. The zero-order valence-corrected chi connectivity index (χ0v) is 20.1. The van der Waals surface area contributed by atoms with E-state index < -0.39 is 8.24 Å². The van der Waals surface area contributed by atoms with Gasteiger partial charge in [0.25, 0.3) is 0 Å². The van der Waals surface area contributed by atoms with Gasteiger partial charge < -0.3 is 14.3 Å². The number of aromatic nitrogens is 2. The number of benzene rings is 1. The molecule has 0 saturated heterocycles. The SMILES string of the molecule is COC(=O)c1ccccc1Nc1cnc2c(ccn2[Si](C(C)C)(C(C)C)C(C)C)c1. The molecule has 6 heteroatoms. The van der Waals surface area contributed by atoms with Crippen LogP contribution in [0.5, 0.6) is 0 Å². The lowest BCUT2D eigenvalue weighted by atomic mass is 10.1. The van der Waals surface area contributed by atoms with E-state index >= 15 is 0 Å². The highest BCUT2D eigenvalue weighted by Gasteiger charge is 2.45. The number of hydrogen-bond acceptors (Lipinski definition) is 4. The van der Waals surface area contributed by atoms with Crippen LogP contribution in [0.25, 0.3) is 11.0 Å². The van der Waals surface area contributed by atoms with Crippen LogP contribution in [0, 0.1) is 0 Å². The number of para-hydroxylation sites is 1. The van der Waals surface area contributed by atoms with Crippen LogP contribution in [0.3, 0.4) is 0 Å². The molecule has 0 amide bonds. The van der Waals surface area contributed by atoms with Crippen molar-refractivity contribution < 1.29 is 9.53 Å². The predicted molar refractivity (Wildman–Crippen MR) is 127 cm³/mol. The lowest BCUT2D eigenvalue weighted by Gasteiger charge is -2.44. The molecule has 3 rings (SSSR count). The molecule has 0 aliphatic rings. The molecule has 0 radical (unpaired) electrons. The van der Waals surface area contributed by atoms with Crippen molar-refractivity contribution in [2.75, 3.05) is 12.4 Å². The summed E-state index contributed by atoms with van der Waals surface area (Å²) in [5, 5.41) is 4.44. The maximum absolute atomic E-state index is 12.1. The molecule has 30 heavy (non-hydrogen) atoms. The van der Waals surface area contributed by atoms with Gasteiger partial charge in [-0.05, 0) is 47.1 Å². The van der Waals surface area contributed by atoms with Gasteiger partial charge in [-0.1, -0.05) is 53.7 Å². The van der Waals surface area contributed by atoms with Crippen molar-refractivity contribution in [3.63, 3.8) is 0 Å². The number of carbonyl (C=O) groups excluding carboxylic acids is 1. The fraction of sp³-hybridized carbons (Fsp3) is 0.417. The molecule has 0 spiro atoms. The molecular weight excluding hydrogens is 390 g/mol. The van der Waals surface area contributed by atoms with E-state index in [2.05, 4.69) is 69.4 Å². The quantitative estimate of drug-likeness (QED) is 0.344. The second-order valence-electron chi connectivity index (χ2n) is 8.84. The van der Waals surface area contributed by atoms with Crippen LogP contribution in [0.2, 0.25) is 16.6 Å². The Bertz CT molecular complexity index is 1020. The summed E-state index contributed by atoms with van der Waals surface area (Å²) in [5.41, 5.74) is 4.90. The summed E-state index contributed by atoms with van der Waals surface area (Å²) < 4.78 is 7.41. The van der Waals surface area contributed by atoms with Gasteiger partial charge in [-0.15, -0.1) is 0 Å². The molecule has 5 nitrogen and oxygen atoms in total. The van der Waals surface area contributed by atoms with Gasteiger partial charge in [0.05, 0.1) is 30.2 Å². The lowest BCUT2D eigenvalue weighted by Crippen LogP contribution is -2.51. The second kappa shape index (κ2) is 8.64. The van der Waals surface area contributed by atoms with Crippen molar-refractivity contribution in [2.24, 2.45) is 0 Å². The number of hydrogen-bond donors (Lipinski definition) is 1. The first-order valence-electron chi connectivity index (χ1n) is 10.6. The Morgan fingerprint density at radius 2 is 1.67 bits per heavy atom. The van der Waals surface area contributed by atoms with Gasteiger partial charge in [-0.25, -0.2) is 9.78 Å². The van der Waals surface area contributed by atoms with Crippen LogP contribution >= 0.6 is 0 Å². The van der Waals surface area contributed by atoms with Crippen molar-refractivity contribution >= 4 is 36.6 Å². The summed E-state index contributed by atoms with van der Waals surface area (Å²) in [6, 6.07) is 11.6. The van der Waals surface area contributed by atoms with Crippen LogP contribution in [0.15, 0.2) is 48.8 Å². The fourth-order valence-corrected chi connectivity index (χ4v) is 11.8. The van der Waals surface area contributed by atoms with E-state index in [4.69, 9.17) is 9.72 Å². The molecule has 0 aliphatic heterocycles. The number of nitrogens with zero attached hydrogens (tertiary/aromatic N) is 2. The fourth-order valence-electron chi connectivity index (χ4n) is 5.27. The number of fused-ring (bicyclic) bond motifs is 1. The van der Waals surface area contributed by atoms with Gasteiger partial charge in [-0.2, -0.15) is 0 Å². The van der Waals surface area contributed by atoms with E-state index in [1.54, 1.807) is 6.07 Å². The summed E-state index contributed by atoms with van der Waals surface area (Å²) in [6.07, 6.45) is 4.09. The number of rotatable bonds is 7. The Morgan fingerprint density at radius 1 is 1.03 bits per heavy atom. The summed E-state index contributed by atoms with van der Waals surface area (Å²) in [6.45, 7) is 14.2. The van der Waals surface area contributed by atoms with Gasteiger partial charge in [0.15, 0.2) is 8.24 Å². The number of methoxy groups -OCH3 is 1. The zero-order chi connectivity index (χ0) is 22.1. The average molecular weight is 424 g/mol. The van der Waals surface area contributed by atoms with Gasteiger partial charge in [-0.3, -0.25) is 0 Å². The molecule has 0 fully saturated rings. The van der Waals surface area contributed by atoms with Crippen molar-refractivity contribution in [1.29, 1.82) is 0 Å². The third kappa shape index (κ3) is 3.65. The third-order valence-corrected chi connectivity index (χ3v) is 13.1.